The van der Waals surface area contributed by atoms with Crippen molar-refractivity contribution in [2.45, 2.75) is 13.8 Å². The topological polar surface area (TPSA) is 28.7 Å². The molecule has 12 heavy (non-hydrogen) atoms. The van der Waals surface area contributed by atoms with E-state index < -0.39 is 0 Å². The number of nitrogens with one attached hydrogen (secondary N) is 1. The maximum atomic E-state index is 4.36. The van der Waals surface area contributed by atoms with Gasteiger partial charge in [0.05, 0.1) is 11.0 Å². The first-order valence-corrected chi connectivity index (χ1v) is 3.69. The molecule has 0 saturated heterocycles. The number of fused-ring (bicyclic) bond motifs is 1. The Morgan fingerprint density at radius 2 is 2.00 bits per heavy atom. The monoisotopic (exact) mass is 226 g/mol. The predicted molar refractivity (Wildman–Crippen MR) is 55.9 cm³/mol. The number of aromatic nitrogens is 2. The van der Waals surface area contributed by atoms with Crippen LogP contribution in [0.25, 0.3) is 11.0 Å². The van der Waals surface area contributed by atoms with Crippen molar-refractivity contribution >= 4 is 28.0 Å². The first-order chi connectivity index (χ1) is 5.27. The summed E-state index contributed by atoms with van der Waals surface area (Å²) in [6, 6.07) is 6.15. The molecule has 0 aliphatic rings. The van der Waals surface area contributed by atoms with Crippen molar-refractivity contribution in [3.63, 3.8) is 0 Å². The molecule has 0 fully saturated rings. The zero-order valence-electron chi connectivity index (χ0n) is 7.09. The molecule has 0 radical (unpaired) electrons. The number of H-pyrrole nitrogens is 1. The normalized spacial score (nSPS) is 9.83. The fraction of sp³-hybridized carbons (Fsp3) is 0.222. The van der Waals surface area contributed by atoms with E-state index in [-0.39, 0.29) is 17.0 Å². The smallest absolute Gasteiger partial charge is 0.104 e. The standard InChI is InChI=1S/C9H10N2.BrH/c1-6-4-3-5-8-9(6)11-7(2)10-8;/h3-5H,1-2H3,(H,10,11);1H. The average Bonchev–Trinajstić information content (AvgIpc) is 2.31. The van der Waals surface area contributed by atoms with Crippen LogP contribution in [0.15, 0.2) is 18.2 Å². The number of para-hydroxylation sites is 1. The van der Waals surface area contributed by atoms with Gasteiger partial charge in [0.1, 0.15) is 5.82 Å². The molecule has 0 spiro atoms. The highest BCUT2D eigenvalue weighted by Gasteiger charge is 1.99. The molecule has 0 aliphatic carbocycles. The molecule has 0 aliphatic heterocycles. The van der Waals surface area contributed by atoms with E-state index in [9.17, 15) is 0 Å². The largest absolute Gasteiger partial charge is 0.342 e. The Bertz CT molecular complexity index is 392. The van der Waals surface area contributed by atoms with Crippen molar-refractivity contribution < 1.29 is 0 Å². The van der Waals surface area contributed by atoms with E-state index in [0.717, 1.165) is 16.9 Å². The molecule has 0 bridgehead atoms. The minimum atomic E-state index is 0. The van der Waals surface area contributed by atoms with Crippen LogP contribution in [0.3, 0.4) is 0 Å². The lowest BCUT2D eigenvalue weighted by Crippen LogP contribution is -1.74. The number of imidazole rings is 1. The van der Waals surface area contributed by atoms with E-state index >= 15 is 0 Å². The summed E-state index contributed by atoms with van der Waals surface area (Å²) in [7, 11) is 0. The summed E-state index contributed by atoms with van der Waals surface area (Å²) in [4.78, 5) is 7.55. The molecule has 0 saturated carbocycles. The molecular weight excluding hydrogens is 216 g/mol. The third kappa shape index (κ3) is 1.37. The highest BCUT2D eigenvalue weighted by atomic mass is 79.9. The molecule has 0 unspecified atom stereocenters. The van der Waals surface area contributed by atoms with Crippen LogP contribution in [0.1, 0.15) is 11.4 Å². The zero-order valence-corrected chi connectivity index (χ0v) is 8.80. The van der Waals surface area contributed by atoms with Crippen molar-refractivity contribution in [2.75, 3.05) is 0 Å². The van der Waals surface area contributed by atoms with Gasteiger partial charge in [0.2, 0.25) is 0 Å². The number of hydrogen-bond acceptors (Lipinski definition) is 1. The molecule has 1 aromatic carbocycles. The SMILES string of the molecule is Br.Cc1nc2c(C)cccc2[nH]1. The van der Waals surface area contributed by atoms with Crippen LogP contribution in [0.2, 0.25) is 0 Å². The minimum absolute atomic E-state index is 0. The maximum Gasteiger partial charge on any atom is 0.104 e. The van der Waals surface area contributed by atoms with Crippen molar-refractivity contribution in [1.29, 1.82) is 0 Å². The number of aromatic amines is 1. The molecule has 2 aromatic rings. The third-order valence-corrected chi connectivity index (χ3v) is 1.83. The predicted octanol–water partition coefficient (Wildman–Crippen LogP) is 2.76. The Hall–Kier alpha value is -0.830. The first kappa shape index (κ1) is 9.26. The summed E-state index contributed by atoms with van der Waals surface area (Å²) in [5, 5.41) is 0. The Morgan fingerprint density at radius 3 is 2.67 bits per heavy atom. The highest BCUT2D eigenvalue weighted by Crippen LogP contribution is 2.14. The fourth-order valence-electron chi connectivity index (χ4n) is 1.30. The van der Waals surface area contributed by atoms with Gasteiger partial charge in [0, 0.05) is 0 Å². The Balaban J connectivity index is 0.000000720. The molecule has 1 aromatic heterocycles. The van der Waals surface area contributed by atoms with Gasteiger partial charge in [-0.1, -0.05) is 12.1 Å². The highest BCUT2D eigenvalue weighted by molar-refractivity contribution is 8.93. The van der Waals surface area contributed by atoms with Crippen molar-refractivity contribution in [2.24, 2.45) is 0 Å². The van der Waals surface area contributed by atoms with Crippen LogP contribution in [0, 0.1) is 13.8 Å². The minimum Gasteiger partial charge on any atom is -0.342 e. The van der Waals surface area contributed by atoms with Gasteiger partial charge in [0.15, 0.2) is 0 Å². The van der Waals surface area contributed by atoms with E-state index in [1.54, 1.807) is 0 Å². The van der Waals surface area contributed by atoms with E-state index in [1.807, 2.05) is 19.1 Å². The molecule has 3 heteroatoms. The molecular formula is C9H11BrN2. The summed E-state index contributed by atoms with van der Waals surface area (Å²) < 4.78 is 0. The van der Waals surface area contributed by atoms with Crippen LogP contribution < -0.4 is 0 Å². The Kier molecular flexibility index (Phi) is 2.52. The van der Waals surface area contributed by atoms with E-state index in [2.05, 4.69) is 23.0 Å². The molecule has 1 N–H and O–H groups in total. The summed E-state index contributed by atoms with van der Waals surface area (Å²) >= 11 is 0. The van der Waals surface area contributed by atoms with Gasteiger partial charge in [-0.3, -0.25) is 0 Å². The van der Waals surface area contributed by atoms with Crippen LogP contribution in [-0.4, -0.2) is 9.97 Å². The molecule has 1 heterocycles. The molecule has 2 rings (SSSR count). The molecule has 0 atom stereocenters. The Labute approximate surface area is 81.8 Å². The van der Waals surface area contributed by atoms with Crippen LogP contribution in [-0.2, 0) is 0 Å². The van der Waals surface area contributed by atoms with E-state index in [1.165, 1.54) is 5.56 Å². The summed E-state index contributed by atoms with van der Waals surface area (Å²) in [5.74, 6) is 0.981. The van der Waals surface area contributed by atoms with E-state index in [0.29, 0.717) is 0 Å². The first-order valence-electron chi connectivity index (χ1n) is 3.69. The third-order valence-electron chi connectivity index (χ3n) is 1.83. The van der Waals surface area contributed by atoms with Crippen LogP contribution >= 0.6 is 17.0 Å². The molecule has 64 valence electrons. The fourth-order valence-corrected chi connectivity index (χ4v) is 1.30. The van der Waals surface area contributed by atoms with Crippen LogP contribution in [0.4, 0.5) is 0 Å². The van der Waals surface area contributed by atoms with Crippen molar-refractivity contribution in [3.05, 3.63) is 29.6 Å². The van der Waals surface area contributed by atoms with Gasteiger partial charge >= 0.3 is 0 Å². The summed E-state index contributed by atoms with van der Waals surface area (Å²) in [5.41, 5.74) is 3.44. The lowest BCUT2D eigenvalue weighted by atomic mass is 10.2. The number of nitrogens with zero attached hydrogens (tertiary/aromatic N) is 1. The van der Waals surface area contributed by atoms with Crippen molar-refractivity contribution in [3.8, 4) is 0 Å². The number of rotatable bonds is 0. The van der Waals surface area contributed by atoms with Gasteiger partial charge in [-0.2, -0.15) is 0 Å². The lowest BCUT2D eigenvalue weighted by molar-refractivity contribution is 1.17. The molecule has 0 amide bonds. The second-order valence-corrected chi connectivity index (χ2v) is 2.79. The summed E-state index contributed by atoms with van der Waals surface area (Å²) in [6.45, 7) is 4.04. The second kappa shape index (κ2) is 3.27. The Morgan fingerprint density at radius 1 is 1.25 bits per heavy atom. The quantitative estimate of drug-likeness (QED) is 0.736. The van der Waals surface area contributed by atoms with Gasteiger partial charge in [-0.15, -0.1) is 17.0 Å². The maximum absolute atomic E-state index is 4.36. The van der Waals surface area contributed by atoms with Crippen molar-refractivity contribution in [1.82, 2.24) is 9.97 Å². The second-order valence-electron chi connectivity index (χ2n) is 2.79. The molecule has 2 nitrogen and oxygen atoms in total. The van der Waals surface area contributed by atoms with Gasteiger partial charge in [-0.05, 0) is 25.5 Å². The zero-order chi connectivity index (χ0) is 7.84. The number of benzene rings is 1. The summed E-state index contributed by atoms with van der Waals surface area (Å²) in [6.07, 6.45) is 0. The number of halogens is 1. The number of aryl methyl sites for hydroxylation is 2. The van der Waals surface area contributed by atoms with Gasteiger partial charge < -0.3 is 4.98 Å². The van der Waals surface area contributed by atoms with E-state index in [4.69, 9.17) is 0 Å². The van der Waals surface area contributed by atoms with Gasteiger partial charge in [0.25, 0.3) is 0 Å². The lowest BCUT2D eigenvalue weighted by Gasteiger charge is -1.90. The van der Waals surface area contributed by atoms with Gasteiger partial charge in [-0.25, -0.2) is 4.98 Å². The van der Waals surface area contributed by atoms with Crippen LogP contribution in [0.5, 0.6) is 0 Å². The number of hydrogen-bond donors (Lipinski definition) is 1. The average molecular weight is 227 g/mol.